The van der Waals surface area contributed by atoms with Crippen molar-refractivity contribution in [1.82, 2.24) is 19.6 Å². The maximum atomic E-state index is 13.2. The van der Waals surface area contributed by atoms with Crippen LogP contribution in [0, 0.1) is 10.1 Å². The molecular weight excluding hydrogens is 508 g/mol. The molecule has 0 radical (unpaired) electrons. The van der Waals surface area contributed by atoms with Gasteiger partial charge in [-0.2, -0.15) is 4.52 Å². The van der Waals surface area contributed by atoms with Gasteiger partial charge in [-0.25, -0.2) is 9.97 Å². The number of fused-ring (bicyclic) bond motifs is 4. The van der Waals surface area contributed by atoms with Gasteiger partial charge in [0, 0.05) is 34.8 Å². The molecule has 0 bridgehead atoms. The zero-order valence-electron chi connectivity index (χ0n) is 20.0. The fourth-order valence-corrected chi connectivity index (χ4v) is 5.07. The minimum Gasteiger partial charge on any atom is -0.454 e. The maximum Gasteiger partial charge on any atom is 0.269 e. The van der Waals surface area contributed by atoms with Crippen molar-refractivity contribution in [2.45, 2.75) is 23.8 Å². The molecule has 0 saturated heterocycles. The number of hydrogen-bond acceptors (Lipinski definition) is 9. The Bertz CT molecular complexity index is 1700. The van der Waals surface area contributed by atoms with Crippen molar-refractivity contribution in [2.24, 2.45) is 0 Å². The lowest BCUT2D eigenvalue weighted by molar-refractivity contribution is -0.384. The van der Waals surface area contributed by atoms with E-state index in [1.165, 1.54) is 23.9 Å². The number of ether oxygens (including phenoxy) is 2. The lowest BCUT2D eigenvalue weighted by Gasteiger charge is -2.15. The topological polar surface area (TPSA) is 134 Å². The molecule has 0 fully saturated rings. The number of non-ortho nitro benzene ring substituents is 1. The molecular formula is C26H20N6O5S. The standard InChI is InChI=1S/C26H20N6O5S/c1-2-22(25(33)27-16-9-12-20-21(13-16)37-14-36-20)38-26-28-19-6-4-3-5-18(19)24-29-23(30-31(24)26)15-7-10-17(11-8-15)32(34)35/h3-13,22H,2,14H2,1H3,(H,27,33)/t22-/m1/s1. The molecule has 1 aliphatic rings. The Morgan fingerprint density at radius 2 is 1.89 bits per heavy atom. The summed E-state index contributed by atoms with van der Waals surface area (Å²) in [7, 11) is 0. The number of para-hydroxylation sites is 1. The van der Waals surface area contributed by atoms with Crippen LogP contribution in [0.4, 0.5) is 11.4 Å². The normalized spacial score (nSPS) is 13.1. The van der Waals surface area contributed by atoms with Gasteiger partial charge >= 0.3 is 0 Å². The third-order valence-electron chi connectivity index (χ3n) is 6.04. The molecule has 3 aromatic carbocycles. The van der Waals surface area contributed by atoms with E-state index in [2.05, 4.69) is 10.4 Å². The first kappa shape index (κ1) is 23.7. The van der Waals surface area contributed by atoms with Crippen LogP contribution < -0.4 is 14.8 Å². The van der Waals surface area contributed by atoms with Gasteiger partial charge in [0.25, 0.3) is 5.69 Å². The number of carbonyl (C=O) groups excluding carboxylic acids is 1. The van der Waals surface area contributed by atoms with E-state index < -0.39 is 10.2 Å². The minimum atomic E-state index is -0.468. The van der Waals surface area contributed by atoms with Crippen molar-refractivity contribution in [1.29, 1.82) is 0 Å². The molecule has 1 atom stereocenters. The number of nitro groups is 1. The molecule has 0 aliphatic carbocycles. The number of nitrogens with zero attached hydrogens (tertiary/aromatic N) is 5. The summed E-state index contributed by atoms with van der Waals surface area (Å²) in [6, 6.07) is 18.9. The van der Waals surface area contributed by atoms with Crippen LogP contribution in [-0.4, -0.2) is 42.5 Å². The van der Waals surface area contributed by atoms with Gasteiger partial charge in [-0.3, -0.25) is 14.9 Å². The van der Waals surface area contributed by atoms with Gasteiger partial charge in [0.15, 0.2) is 28.1 Å². The highest BCUT2D eigenvalue weighted by Gasteiger charge is 2.24. The van der Waals surface area contributed by atoms with Crippen molar-refractivity contribution >= 4 is 45.6 Å². The van der Waals surface area contributed by atoms with Crippen molar-refractivity contribution in [2.75, 3.05) is 12.1 Å². The second-order valence-corrected chi connectivity index (χ2v) is 9.63. The van der Waals surface area contributed by atoms with Crippen molar-refractivity contribution in [3.05, 3.63) is 76.8 Å². The number of nitro benzene ring substituents is 1. The number of rotatable bonds is 7. The van der Waals surface area contributed by atoms with Crippen LogP contribution in [0.5, 0.6) is 11.5 Å². The van der Waals surface area contributed by atoms with Crippen LogP contribution in [0.1, 0.15) is 13.3 Å². The summed E-state index contributed by atoms with van der Waals surface area (Å²) < 4.78 is 12.4. The summed E-state index contributed by atoms with van der Waals surface area (Å²) in [5.74, 6) is 1.44. The molecule has 38 heavy (non-hydrogen) atoms. The number of thioether (sulfide) groups is 1. The largest absolute Gasteiger partial charge is 0.454 e. The third kappa shape index (κ3) is 4.34. The van der Waals surface area contributed by atoms with Gasteiger partial charge in [0.1, 0.15) is 0 Å². The van der Waals surface area contributed by atoms with Gasteiger partial charge in [-0.05, 0) is 42.8 Å². The van der Waals surface area contributed by atoms with E-state index >= 15 is 0 Å². The van der Waals surface area contributed by atoms with E-state index in [0.29, 0.717) is 45.8 Å². The zero-order valence-corrected chi connectivity index (χ0v) is 20.8. The molecule has 2 aromatic heterocycles. The van der Waals surface area contributed by atoms with Crippen LogP contribution in [0.15, 0.2) is 71.9 Å². The summed E-state index contributed by atoms with van der Waals surface area (Å²) in [6.45, 7) is 2.09. The lowest BCUT2D eigenvalue weighted by atomic mass is 10.2. The van der Waals surface area contributed by atoms with Crippen LogP contribution in [0.3, 0.4) is 0 Å². The highest BCUT2D eigenvalue weighted by molar-refractivity contribution is 8.00. The Morgan fingerprint density at radius 3 is 2.68 bits per heavy atom. The van der Waals surface area contributed by atoms with Crippen molar-refractivity contribution < 1.29 is 19.2 Å². The molecule has 12 heteroatoms. The first-order valence-electron chi connectivity index (χ1n) is 11.8. The van der Waals surface area contributed by atoms with Crippen LogP contribution in [0.2, 0.25) is 0 Å². The van der Waals surface area contributed by atoms with Crippen LogP contribution >= 0.6 is 11.8 Å². The molecule has 0 spiro atoms. The van der Waals surface area contributed by atoms with E-state index in [9.17, 15) is 14.9 Å². The summed E-state index contributed by atoms with van der Waals surface area (Å²) in [4.78, 5) is 33.3. The van der Waals surface area contributed by atoms with E-state index in [1.54, 1.807) is 34.8 Å². The number of carbonyl (C=O) groups is 1. The third-order valence-corrected chi connectivity index (χ3v) is 7.34. The van der Waals surface area contributed by atoms with Gasteiger partial charge in [-0.15, -0.1) is 5.10 Å². The Kier molecular flexibility index (Phi) is 6.00. The van der Waals surface area contributed by atoms with E-state index in [0.717, 1.165) is 10.9 Å². The number of nitrogens with one attached hydrogen (secondary N) is 1. The average Bonchev–Trinajstić information content (AvgIpc) is 3.59. The van der Waals surface area contributed by atoms with Crippen LogP contribution in [-0.2, 0) is 4.79 Å². The van der Waals surface area contributed by atoms with Crippen molar-refractivity contribution in [3.8, 4) is 22.9 Å². The smallest absolute Gasteiger partial charge is 0.269 e. The summed E-state index contributed by atoms with van der Waals surface area (Å²) in [6.07, 6.45) is 0.543. The summed E-state index contributed by atoms with van der Waals surface area (Å²) in [5, 5.41) is 19.5. The molecule has 3 heterocycles. The zero-order chi connectivity index (χ0) is 26.2. The quantitative estimate of drug-likeness (QED) is 0.133. The highest BCUT2D eigenvalue weighted by atomic mass is 32.2. The lowest BCUT2D eigenvalue weighted by Crippen LogP contribution is -2.25. The van der Waals surface area contributed by atoms with Gasteiger partial charge in [0.2, 0.25) is 12.7 Å². The Balaban J connectivity index is 1.34. The molecule has 11 nitrogen and oxygen atoms in total. The van der Waals surface area contributed by atoms with E-state index in [1.807, 2.05) is 31.2 Å². The van der Waals surface area contributed by atoms with Crippen molar-refractivity contribution in [3.63, 3.8) is 0 Å². The van der Waals surface area contributed by atoms with Gasteiger partial charge < -0.3 is 14.8 Å². The first-order chi connectivity index (χ1) is 18.5. The predicted octanol–water partition coefficient (Wildman–Crippen LogP) is 5.09. The molecule has 190 valence electrons. The number of anilines is 1. The molecule has 1 aliphatic heterocycles. The molecule has 1 amide bonds. The molecule has 1 N–H and O–H groups in total. The second kappa shape index (κ2) is 9.63. The fraction of sp³-hybridized carbons (Fsp3) is 0.154. The SMILES string of the molecule is CC[C@@H](Sc1nc2ccccc2c2nc(-c3ccc([N+](=O)[O-])cc3)nn12)C(=O)Nc1ccc2c(c1)OCO2. The number of amides is 1. The number of aromatic nitrogens is 4. The minimum absolute atomic E-state index is 0.0138. The average molecular weight is 529 g/mol. The Morgan fingerprint density at radius 1 is 1.11 bits per heavy atom. The summed E-state index contributed by atoms with van der Waals surface area (Å²) >= 11 is 1.29. The molecule has 5 aromatic rings. The van der Waals surface area contributed by atoms with E-state index in [-0.39, 0.29) is 18.4 Å². The number of benzene rings is 3. The monoisotopic (exact) mass is 528 g/mol. The molecule has 0 saturated carbocycles. The molecule has 0 unspecified atom stereocenters. The maximum absolute atomic E-state index is 13.2. The van der Waals surface area contributed by atoms with Gasteiger partial charge in [-0.1, -0.05) is 30.8 Å². The van der Waals surface area contributed by atoms with E-state index in [4.69, 9.17) is 19.4 Å². The Hall–Kier alpha value is -4.71. The summed E-state index contributed by atoms with van der Waals surface area (Å²) in [5.41, 5.74) is 2.52. The highest BCUT2D eigenvalue weighted by Crippen LogP contribution is 2.35. The Labute approximate surface area is 220 Å². The molecule has 6 rings (SSSR count). The van der Waals surface area contributed by atoms with Crippen LogP contribution in [0.25, 0.3) is 27.9 Å². The number of hydrogen-bond donors (Lipinski definition) is 1. The second-order valence-electron chi connectivity index (χ2n) is 8.46. The first-order valence-corrected chi connectivity index (χ1v) is 12.7. The fourth-order valence-electron chi connectivity index (χ4n) is 4.11. The van der Waals surface area contributed by atoms with Gasteiger partial charge in [0.05, 0.1) is 15.7 Å². The predicted molar refractivity (Wildman–Crippen MR) is 142 cm³/mol.